The number of carbonyl (C=O) groups is 1. The Morgan fingerprint density at radius 3 is 3.06 bits per heavy atom. The molecular formula is C13H13N3O2. The van der Waals surface area contributed by atoms with Crippen molar-refractivity contribution in [2.75, 3.05) is 0 Å². The topological polar surface area (TPSA) is 68.0 Å². The number of aliphatic carboxylic acids is 1. The van der Waals surface area contributed by atoms with E-state index >= 15 is 0 Å². The van der Waals surface area contributed by atoms with Crippen molar-refractivity contribution in [3.8, 4) is 5.82 Å². The first kappa shape index (κ1) is 11.0. The summed E-state index contributed by atoms with van der Waals surface area (Å²) in [6.07, 6.45) is 5.46. The highest BCUT2D eigenvalue weighted by molar-refractivity contribution is 5.70. The summed E-state index contributed by atoms with van der Waals surface area (Å²) in [5.74, 6) is -0.211. The molecular weight excluding hydrogens is 230 g/mol. The zero-order chi connectivity index (χ0) is 12.5. The van der Waals surface area contributed by atoms with Gasteiger partial charge in [0.1, 0.15) is 0 Å². The van der Waals surface area contributed by atoms with Gasteiger partial charge in [-0.1, -0.05) is 6.07 Å². The number of pyridine rings is 1. The third-order valence-electron chi connectivity index (χ3n) is 3.37. The lowest BCUT2D eigenvalue weighted by molar-refractivity contribution is -0.142. The van der Waals surface area contributed by atoms with Crippen LogP contribution in [-0.4, -0.2) is 25.8 Å². The standard InChI is InChI=1S/C13H13N3O2/c17-13(18)9-4-5-11-10(7-9)8-15-16(11)12-3-1-2-6-14-12/h1-3,6,8-9H,4-5,7H2,(H,17,18)/t9-/m0/s1. The van der Waals surface area contributed by atoms with E-state index in [1.165, 1.54) is 0 Å². The van der Waals surface area contributed by atoms with Crippen molar-refractivity contribution in [1.82, 2.24) is 14.8 Å². The lowest BCUT2D eigenvalue weighted by atomic mass is 9.88. The molecule has 1 atom stereocenters. The lowest BCUT2D eigenvalue weighted by Crippen LogP contribution is -2.22. The van der Waals surface area contributed by atoms with Crippen molar-refractivity contribution in [2.24, 2.45) is 5.92 Å². The molecule has 0 unspecified atom stereocenters. The molecule has 2 aromatic rings. The molecule has 0 bridgehead atoms. The molecule has 18 heavy (non-hydrogen) atoms. The van der Waals surface area contributed by atoms with Gasteiger partial charge in [-0.15, -0.1) is 0 Å². The third-order valence-corrected chi connectivity index (χ3v) is 3.37. The van der Waals surface area contributed by atoms with Crippen LogP contribution in [0.25, 0.3) is 5.82 Å². The molecule has 1 N–H and O–H groups in total. The summed E-state index contributed by atoms with van der Waals surface area (Å²) < 4.78 is 1.81. The predicted molar refractivity (Wildman–Crippen MR) is 64.5 cm³/mol. The number of rotatable bonds is 2. The van der Waals surface area contributed by atoms with Gasteiger partial charge < -0.3 is 5.11 Å². The summed E-state index contributed by atoms with van der Waals surface area (Å²) in [5.41, 5.74) is 2.12. The van der Waals surface area contributed by atoms with Gasteiger partial charge in [0, 0.05) is 11.9 Å². The molecule has 2 heterocycles. The quantitative estimate of drug-likeness (QED) is 0.867. The van der Waals surface area contributed by atoms with E-state index in [-0.39, 0.29) is 5.92 Å². The van der Waals surface area contributed by atoms with Crippen molar-refractivity contribution in [2.45, 2.75) is 19.3 Å². The van der Waals surface area contributed by atoms with Crippen LogP contribution in [0, 0.1) is 5.92 Å². The normalized spacial score (nSPS) is 18.3. The van der Waals surface area contributed by atoms with Gasteiger partial charge in [0.2, 0.25) is 0 Å². The fourth-order valence-corrected chi connectivity index (χ4v) is 2.41. The molecule has 0 radical (unpaired) electrons. The molecule has 1 aliphatic rings. The lowest BCUT2D eigenvalue weighted by Gasteiger charge is -2.19. The Labute approximate surface area is 104 Å². The SMILES string of the molecule is O=C(O)[C@H]1CCc2c(cnn2-c2ccccn2)C1. The van der Waals surface area contributed by atoms with Crippen LogP contribution < -0.4 is 0 Å². The first-order chi connectivity index (χ1) is 8.75. The summed E-state index contributed by atoms with van der Waals surface area (Å²) in [5, 5.41) is 13.4. The smallest absolute Gasteiger partial charge is 0.306 e. The van der Waals surface area contributed by atoms with E-state index in [1.807, 2.05) is 22.9 Å². The van der Waals surface area contributed by atoms with Crippen molar-refractivity contribution < 1.29 is 9.90 Å². The Hall–Kier alpha value is -2.17. The van der Waals surface area contributed by atoms with Crippen LogP contribution >= 0.6 is 0 Å². The van der Waals surface area contributed by atoms with Gasteiger partial charge >= 0.3 is 5.97 Å². The van der Waals surface area contributed by atoms with Gasteiger partial charge in [0.05, 0.1) is 12.1 Å². The molecule has 0 aliphatic heterocycles. The Morgan fingerprint density at radius 1 is 1.44 bits per heavy atom. The van der Waals surface area contributed by atoms with Crippen LogP contribution in [0.1, 0.15) is 17.7 Å². The summed E-state index contributed by atoms with van der Waals surface area (Å²) in [4.78, 5) is 15.3. The number of fused-ring (bicyclic) bond motifs is 1. The van der Waals surface area contributed by atoms with Gasteiger partial charge in [-0.05, 0) is 37.0 Å². The van der Waals surface area contributed by atoms with E-state index in [2.05, 4.69) is 10.1 Å². The second kappa shape index (κ2) is 4.25. The van der Waals surface area contributed by atoms with Gasteiger partial charge in [0.25, 0.3) is 0 Å². The Kier molecular flexibility index (Phi) is 2.59. The van der Waals surface area contributed by atoms with Gasteiger partial charge in [-0.25, -0.2) is 9.67 Å². The van der Waals surface area contributed by atoms with Crippen LogP contribution in [0.4, 0.5) is 0 Å². The Balaban J connectivity index is 1.96. The second-order valence-electron chi connectivity index (χ2n) is 4.49. The molecule has 0 aromatic carbocycles. The zero-order valence-corrected chi connectivity index (χ0v) is 9.78. The molecule has 2 aromatic heterocycles. The molecule has 1 aliphatic carbocycles. The molecule has 0 spiro atoms. The van der Waals surface area contributed by atoms with E-state index in [1.54, 1.807) is 12.4 Å². The number of hydrogen-bond donors (Lipinski definition) is 1. The number of carboxylic acid groups (broad SMARTS) is 1. The molecule has 0 saturated heterocycles. The van der Waals surface area contributed by atoms with Crippen LogP contribution in [0.2, 0.25) is 0 Å². The average molecular weight is 243 g/mol. The van der Waals surface area contributed by atoms with Crippen LogP contribution in [0.5, 0.6) is 0 Å². The first-order valence-electron chi connectivity index (χ1n) is 5.95. The minimum absolute atomic E-state index is 0.279. The monoisotopic (exact) mass is 243 g/mol. The predicted octanol–water partition coefficient (Wildman–Crippen LogP) is 1.46. The second-order valence-corrected chi connectivity index (χ2v) is 4.49. The number of hydrogen-bond acceptors (Lipinski definition) is 3. The van der Waals surface area contributed by atoms with Crippen molar-refractivity contribution in [1.29, 1.82) is 0 Å². The molecule has 3 rings (SSSR count). The van der Waals surface area contributed by atoms with Gasteiger partial charge in [-0.2, -0.15) is 5.10 Å². The zero-order valence-electron chi connectivity index (χ0n) is 9.78. The van der Waals surface area contributed by atoms with E-state index < -0.39 is 5.97 Å². The summed E-state index contributed by atoms with van der Waals surface area (Å²) in [7, 11) is 0. The molecule has 0 amide bonds. The van der Waals surface area contributed by atoms with Gasteiger partial charge in [-0.3, -0.25) is 4.79 Å². The van der Waals surface area contributed by atoms with E-state index in [4.69, 9.17) is 5.11 Å². The minimum Gasteiger partial charge on any atom is -0.481 e. The molecule has 92 valence electrons. The van der Waals surface area contributed by atoms with E-state index in [0.717, 1.165) is 23.5 Å². The maximum atomic E-state index is 11.0. The van der Waals surface area contributed by atoms with Crippen LogP contribution in [0.15, 0.2) is 30.6 Å². The summed E-state index contributed by atoms with van der Waals surface area (Å²) >= 11 is 0. The Bertz CT molecular complexity index is 577. The largest absolute Gasteiger partial charge is 0.481 e. The van der Waals surface area contributed by atoms with Crippen molar-refractivity contribution in [3.05, 3.63) is 41.9 Å². The summed E-state index contributed by atoms with van der Waals surface area (Å²) in [6, 6.07) is 5.68. The number of aromatic nitrogens is 3. The molecule has 0 saturated carbocycles. The highest BCUT2D eigenvalue weighted by Crippen LogP contribution is 2.26. The fourth-order valence-electron chi connectivity index (χ4n) is 2.41. The van der Waals surface area contributed by atoms with E-state index in [9.17, 15) is 4.79 Å². The molecule has 0 fully saturated rings. The van der Waals surface area contributed by atoms with Crippen molar-refractivity contribution in [3.63, 3.8) is 0 Å². The maximum Gasteiger partial charge on any atom is 0.306 e. The van der Waals surface area contributed by atoms with Crippen LogP contribution in [-0.2, 0) is 17.6 Å². The van der Waals surface area contributed by atoms with E-state index in [0.29, 0.717) is 12.8 Å². The highest BCUT2D eigenvalue weighted by Gasteiger charge is 2.27. The molecule has 5 heteroatoms. The third kappa shape index (κ3) is 1.77. The van der Waals surface area contributed by atoms with Crippen molar-refractivity contribution >= 4 is 5.97 Å². The fraction of sp³-hybridized carbons (Fsp3) is 0.308. The number of nitrogens with zero attached hydrogens (tertiary/aromatic N) is 3. The average Bonchev–Trinajstić information content (AvgIpc) is 2.82. The minimum atomic E-state index is -0.716. The summed E-state index contributed by atoms with van der Waals surface area (Å²) in [6.45, 7) is 0. The number of carboxylic acids is 1. The van der Waals surface area contributed by atoms with Crippen LogP contribution in [0.3, 0.4) is 0 Å². The molecule has 5 nitrogen and oxygen atoms in total. The Morgan fingerprint density at radius 2 is 2.33 bits per heavy atom. The maximum absolute atomic E-state index is 11.0. The first-order valence-corrected chi connectivity index (χ1v) is 5.95. The van der Waals surface area contributed by atoms with Gasteiger partial charge in [0.15, 0.2) is 5.82 Å². The highest BCUT2D eigenvalue weighted by atomic mass is 16.4.